The van der Waals surface area contributed by atoms with Crippen molar-refractivity contribution in [3.05, 3.63) is 24.5 Å². The summed E-state index contributed by atoms with van der Waals surface area (Å²) in [4.78, 5) is 4.32. The second-order valence-corrected chi connectivity index (χ2v) is 4.82. The molecule has 0 atom stereocenters. The fourth-order valence-corrected chi connectivity index (χ4v) is 2.59. The van der Waals surface area contributed by atoms with Gasteiger partial charge in [-0.3, -0.25) is 0 Å². The molecule has 17 heavy (non-hydrogen) atoms. The van der Waals surface area contributed by atoms with E-state index in [1.807, 2.05) is 22.8 Å². The molecule has 0 aromatic carbocycles. The molecule has 2 aromatic heterocycles. The Morgan fingerprint density at radius 1 is 1.29 bits per heavy atom. The molecule has 1 saturated carbocycles. The van der Waals surface area contributed by atoms with E-state index in [1.165, 1.54) is 32.1 Å². The van der Waals surface area contributed by atoms with Crippen LogP contribution in [0.5, 0.6) is 0 Å². The Labute approximate surface area is 101 Å². The van der Waals surface area contributed by atoms with Crippen molar-refractivity contribution in [2.75, 3.05) is 11.9 Å². The molecule has 0 bridgehead atoms. The first-order chi connectivity index (χ1) is 8.43. The molecule has 90 valence electrons. The molecule has 3 rings (SSSR count). The third-order valence-corrected chi connectivity index (χ3v) is 3.57. The van der Waals surface area contributed by atoms with Crippen LogP contribution >= 0.6 is 0 Å². The van der Waals surface area contributed by atoms with E-state index < -0.39 is 0 Å². The normalized spacial score (nSPS) is 17.4. The molecule has 0 aliphatic heterocycles. The summed E-state index contributed by atoms with van der Waals surface area (Å²) >= 11 is 0. The third kappa shape index (κ3) is 2.25. The smallest absolute Gasteiger partial charge is 0.155 e. The zero-order valence-electron chi connectivity index (χ0n) is 9.97. The minimum absolute atomic E-state index is 0.818. The van der Waals surface area contributed by atoms with Gasteiger partial charge in [0.25, 0.3) is 0 Å². The summed E-state index contributed by atoms with van der Waals surface area (Å²) in [5, 5.41) is 7.77. The molecule has 4 heteroatoms. The van der Waals surface area contributed by atoms with Gasteiger partial charge in [0, 0.05) is 12.7 Å². The Morgan fingerprint density at radius 2 is 2.18 bits per heavy atom. The second kappa shape index (κ2) is 4.73. The van der Waals surface area contributed by atoms with Gasteiger partial charge in [0.05, 0.1) is 6.20 Å². The number of hydrogen-bond donors (Lipinski definition) is 1. The van der Waals surface area contributed by atoms with Crippen LogP contribution in [0.15, 0.2) is 24.5 Å². The minimum Gasteiger partial charge on any atom is -0.368 e. The maximum absolute atomic E-state index is 4.32. The average molecular weight is 230 g/mol. The summed E-state index contributed by atoms with van der Waals surface area (Å²) < 4.78 is 1.86. The maximum atomic E-state index is 4.32. The predicted molar refractivity (Wildman–Crippen MR) is 68.1 cm³/mol. The largest absolute Gasteiger partial charge is 0.368 e. The molecular formula is C13H18N4. The van der Waals surface area contributed by atoms with E-state index in [9.17, 15) is 0 Å². The lowest BCUT2D eigenvalue weighted by molar-refractivity contribution is 0.373. The van der Waals surface area contributed by atoms with Crippen LogP contribution in [-0.2, 0) is 0 Å². The Bertz CT molecular complexity index is 485. The number of nitrogens with zero attached hydrogens (tertiary/aromatic N) is 3. The molecule has 0 saturated heterocycles. The molecule has 1 fully saturated rings. The average Bonchev–Trinajstić information content (AvgIpc) is 2.81. The molecule has 0 radical (unpaired) electrons. The highest BCUT2D eigenvalue weighted by molar-refractivity contribution is 5.47. The zero-order valence-corrected chi connectivity index (χ0v) is 9.97. The number of nitrogens with one attached hydrogen (secondary N) is 1. The first kappa shape index (κ1) is 10.6. The van der Waals surface area contributed by atoms with Crippen molar-refractivity contribution in [3.8, 4) is 0 Å². The van der Waals surface area contributed by atoms with Crippen molar-refractivity contribution in [1.29, 1.82) is 0 Å². The molecule has 1 N–H and O–H groups in total. The first-order valence-corrected chi connectivity index (χ1v) is 6.46. The van der Waals surface area contributed by atoms with Crippen LogP contribution in [0.2, 0.25) is 0 Å². The van der Waals surface area contributed by atoms with Gasteiger partial charge in [-0.1, -0.05) is 19.3 Å². The summed E-state index contributed by atoms with van der Waals surface area (Å²) in [6.07, 6.45) is 10.6. The van der Waals surface area contributed by atoms with Crippen LogP contribution in [0.3, 0.4) is 0 Å². The van der Waals surface area contributed by atoms with Gasteiger partial charge >= 0.3 is 0 Å². The first-order valence-electron chi connectivity index (χ1n) is 6.46. The molecule has 4 nitrogen and oxygen atoms in total. The monoisotopic (exact) mass is 230 g/mol. The van der Waals surface area contributed by atoms with Gasteiger partial charge in [-0.05, 0) is 30.9 Å². The van der Waals surface area contributed by atoms with Gasteiger partial charge in [0.15, 0.2) is 5.65 Å². The maximum Gasteiger partial charge on any atom is 0.155 e. The van der Waals surface area contributed by atoms with Crippen LogP contribution in [0, 0.1) is 5.92 Å². The standard InChI is InChI=1S/C13H18N4/c1-2-5-11(6-3-1)9-14-13-10-15-12-7-4-8-16-17(12)13/h4,7-8,10-11,14H,1-3,5-6,9H2. The molecular weight excluding hydrogens is 212 g/mol. The highest BCUT2D eigenvalue weighted by atomic mass is 15.3. The van der Waals surface area contributed by atoms with Gasteiger partial charge in [0.2, 0.25) is 0 Å². The van der Waals surface area contributed by atoms with E-state index in [-0.39, 0.29) is 0 Å². The number of imidazole rings is 1. The fourth-order valence-electron chi connectivity index (χ4n) is 2.59. The van der Waals surface area contributed by atoms with E-state index in [4.69, 9.17) is 0 Å². The van der Waals surface area contributed by atoms with Crippen molar-refractivity contribution in [2.45, 2.75) is 32.1 Å². The van der Waals surface area contributed by atoms with Crippen molar-refractivity contribution < 1.29 is 0 Å². The van der Waals surface area contributed by atoms with E-state index in [0.29, 0.717) is 0 Å². The SMILES string of the molecule is c1cnn2c(NCC3CCCCC3)cnc2c1. The van der Waals surface area contributed by atoms with Crippen molar-refractivity contribution >= 4 is 11.5 Å². The quantitative estimate of drug-likeness (QED) is 0.881. The van der Waals surface area contributed by atoms with Crippen LogP contribution in [-0.4, -0.2) is 21.1 Å². The predicted octanol–water partition coefficient (Wildman–Crippen LogP) is 2.72. The van der Waals surface area contributed by atoms with Gasteiger partial charge in [-0.25, -0.2) is 4.98 Å². The van der Waals surface area contributed by atoms with Crippen molar-refractivity contribution in [3.63, 3.8) is 0 Å². The lowest BCUT2D eigenvalue weighted by Gasteiger charge is -2.21. The molecule has 0 amide bonds. The zero-order chi connectivity index (χ0) is 11.5. The number of anilines is 1. The molecule has 0 unspecified atom stereocenters. The Hall–Kier alpha value is -1.58. The second-order valence-electron chi connectivity index (χ2n) is 4.82. The van der Waals surface area contributed by atoms with Crippen LogP contribution in [0.1, 0.15) is 32.1 Å². The van der Waals surface area contributed by atoms with E-state index in [1.54, 1.807) is 6.20 Å². The lowest BCUT2D eigenvalue weighted by atomic mass is 9.89. The van der Waals surface area contributed by atoms with Crippen molar-refractivity contribution in [2.24, 2.45) is 5.92 Å². The Balaban J connectivity index is 1.68. The van der Waals surface area contributed by atoms with Crippen LogP contribution < -0.4 is 5.32 Å². The summed E-state index contributed by atoms with van der Waals surface area (Å²) in [7, 11) is 0. The number of fused-ring (bicyclic) bond motifs is 1. The van der Waals surface area contributed by atoms with Crippen molar-refractivity contribution in [1.82, 2.24) is 14.6 Å². The highest BCUT2D eigenvalue weighted by Crippen LogP contribution is 2.23. The van der Waals surface area contributed by atoms with Crippen LogP contribution in [0.4, 0.5) is 5.82 Å². The van der Waals surface area contributed by atoms with E-state index in [2.05, 4.69) is 15.4 Å². The minimum atomic E-state index is 0.818. The Kier molecular flexibility index (Phi) is 2.94. The summed E-state index contributed by atoms with van der Waals surface area (Å²) in [5.74, 6) is 1.82. The summed E-state index contributed by atoms with van der Waals surface area (Å²) in [5.41, 5.74) is 0.902. The number of aromatic nitrogens is 3. The van der Waals surface area contributed by atoms with Gasteiger partial charge < -0.3 is 5.32 Å². The molecule has 2 aromatic rings. The lowest BCUT2D eigenvalue weighted by Crippen LogP contribution is -2.18. The summed E-state index contributed by atoms with van der Waals surface area (Å²) in [6, 6.07) is 3.88. The molecule has 1 aliphatic carbocycles. The van der Waals surface area contributed by atoms with Gasteiger partial charge in [-0.2, -0.15) is 9.61 Å². The topological polar surface area (TPSA) is 42.2 Å². The Morgan fingerprint density at radius 3 is 3.06 bits per heavy atom. The van der Waals surface area contributed by atoms with Crippen LogP contribution in [0.25, 0.3) is 5.65 Å². The highest BCUT2D eigenvalue weighted by Gasteiger charge is 2.13. The molecule has 0 spiro atoms. The van der Waals surface area contributed by atoms with Gasteiger partial charge in [-0.15, -0.1) is 0 Å². The van der Waals surface area contributed by atoms with E-state index in [0.717, 1.165) is 23.9 Å². The number of hydrogen-bond acceptors (Lipinski definition) is 3. The summed E-state index contributed by atoms with van der Waals surface area (Å²) in [6.45, 7) is 1.05. The number of rotatable bonds is 3. The molecule has 2 heterocycles. The van der Waals surface area contributed by atoms with E-state index >= 15 is 0 Å². The fraction of sp³-hybridized carbons (Fsp3) is 0.538. The van der Waals surface area contributed by atoms with Gasteiger partial charge in [0.1, 0.15) is 5.82 Å². The third-order valence-electron chi connectivity index (χ3n) is 3.57. The molecule has 1 aliphatic rings.